The molecule has 0 saturated carbocycles. The first-order chi connectivity index (χ1) is 15.1. The van der Waals surface area contributed by atoms with Gasteiger partial charge in [0.2, 0.25) is 0 Å². The van der Waals surface area contributed by atoms with E-state index in [2.05, 4.69) is 4.99 Å². The summed E-state index contributed by atoms with van der Waals surface area (Å²) in [5, 5.41) is 9.35. The molecular formula is C23H23N3O4S. The number of thioether (sulfide) groups is 1. The zero-order valence-electron chi connectivity index (χ0n) is 17.6. The first-order valence-corrected chi connectivity index (χ1v) is 10.5. The van der Waals surface area contributed by atoms with Gasteiger partial charge in [0.05, 0.1) is 24.8 Å². The van der Waals surface area contributed by atoms with Crippen molar-refractivity contribution < 1.29 is 19.0 Å². The van der Waals surface area contributed by atoms with Crippen LogP contribution in [0.25, 0.3) is 6.08 Å². The predicted molar refractivity (Wildman–Crippen MR) is 122 cm³/mol. The number of amidine groups is 1. The second-order valence-corrected chi connectivity index (χ2v) is 7.53. The molecule has 0 aromatic heterocycles. The van der Waals surface area contributed by atoms with E-state index in [1.807, 2.05) is 49.4 Å². The monoisotopic (exact) mass is 437 g/mol. The van der Waals surface area contributed by atoms with E-state index in [4.69, 9.17) is 19.5 Å². The summed E-state index contributed by atoms with van der Waals surface area (Å²) in [6.45, 7) is 2.54. The lowest BCUT2D eigenvalue weighted by atomic mass is 10.2. The maximum absolute atomic E-state index is 13.0. The molecule has 1 heterocycles. The van der Waals surface area contributed by atoms with Gasteiger partial charge in [-0.3, -0.25) is 9.69 Å². The van der Waals surface area contributed by atoms with Gasteiger partial charge in [0.25, 0.3) is 5.91 Å². The number of carbonyl (C=O) groups is 1. The van der Waals surface area contributed by atoms with E-state index < -0.39 is 0 Å². The van der Waals surface area contributed by atoms with E-state index in [0.29, 0.717) is 28.1 Å². The van der Waals surface area contributed by atoms with Crippen molar-refractivity contribution in [3.8, 4) is 23.3 Å². The van der Waals surface area contributed by atoms with Gasteiger partial charge in [-0.25, -0.2) is 4.99 Å². The maximum atomic E-state index is 13.0. The molecule has 0 N–H and O–H groups in total. The summed E-state index contributed by atoms with van der Waals surface area (Å²) < 4.78 is 15.9. The molecule has 160 valence electrons. The fraction of sp³-hybridized carbons (Fsp3) is 0.261. The summed E-state index contributed by atoms with van der Waals surface area (Å²) in [7, 11) is 3.15. The summed E-state index contributed by atoms with van der Waals surface area (Å²) in [4.78, 5) is 20.0. The van der Waals surface area contributed by atoms with Crippen LogP contribution in [-0.2, 0) is 4.79 Å². The molecule has 1 fully saturated rings. The van der Waals surface area contributed by atoms with E-state index in [9.17, 15) is 4.79 Å². The highest BCUT2D eigenvalue weighted by atomic mass is 32.2. The summed E-state index contributed by atoms with van der Waals surface area (Å²) in [6.07, 6.45) is 2.63. The number of hydrogen-bond donors (Lipinski definition) is 0. The normalized spacial score (nSPS) is 15.9. The lowest BCUT2D eigenvalue weighted by molar-refractivity contribution is -0.122. The Morgan fingerprint density at radius 1 is 1.13 bits per heavy atom. The summed E-state index contributed by atoms with van der Waals surface area (Å²) in [6, 6.07) is 14.6. The van der Waals surface area contributed by atoms with Gasteiger partial charge < -0.3 is 14.2 Å². The van der Waals surface area contributed by atoms with Gasteiger partial charge in [0, 0.05) is 6.54 Å². The van der Waals surface area contributed by atoms with Crippen LogP contribution in [0, 0.1) is 11.3 Å². The molecule has 2 aromatic rings. The number of ether oxygens (including phenoxy) is 3. The molecule has 1 saturated heterocycles. The second-order valence-electron chi connectivity index (χ2n) is 6.52. The third kappa shape index (κ3) is 5.38. The molecule has 0 unspecified atom stereocenters. The smallest absolute Gasteiger partial charge is 0.266 e. The molecule has 31 heavy (non-hydrogen) atoms. The molecule has 0 aliphatic carbocycles. The van der Waals surface area contributed by atoms with Gasteiger partial charge in [0.15, 0.2) is 23.3 Å². The molecule has 8 heteroatoms. The number of methoxy groups -OCH3 is 2. The van der Waals surface area contributed by atoms with Gasteiger partial charge in [-0.1, -0.05) is 13.0 Å². The minimum Gasteiger partial charge on any atom is -0.497 e. The minimum atomic E-state index is -0.0807. The lowest BCUT2D eigenvalue weighted by Crippen LogP contribution is -2.29. The summed E-state index contributed by atoms with van der Waals surface area (Å²) in [5.74, 6) is 1.65. The number of nitriles is 1. The Morgan fingerprint density at radius 2 is 1.90 bits per heavy atom. The van der Waals surface area contributed by atoms with Crippen LogP contribution in [-0.4, -0.2) is 43.3 Å². The third-order valence-electron chi connectivity index (χ3n) is 4.41. The lowest BCUT2D eigenvalue weighted by Gasteiger charge is -2.14. The van der Waals surface area contributed by atoms with Crippen LogP contribution < -0.4 is 14.2 Å². The largest absolute Gasteiger partial charge is 0.497 e. The van der Waals surface area contributed by atoms with Crippen LogP contribution in [0.5, 0.6) is 17.2 Å². The number of carbonyl (C=O) groups excluding carboxylic acids is 1. The van der Waals surface area contributed by atoms with Gasteiger partial charge >= 0.3 is 0 Å². The minimum absolute atomic E-state index is 0.0672. The van der Waals surface area contributed by atoms with Crippen molar-refractivity contribution in [3.05, 3.63) is 52.9 Å². The average Bonchev–Trinajstić information content (AvgIpc) is 3.07. The molecule has 1 aliphatic rings. The van der Waals surface area contributed by atoms with Crippen LogP contribution in [0.4, 0.5) is 5.69 Å². The van der Waals surface area contributed by atoms with Crippen LogP contribution >= 0.6 is 11.8 Å². The van der Waals surface area contributed by atoms with Crippen molar-refractivity contribution in [1.29, 1.82) is 5.26 Å². The standard InChI is InChI=1S/C23H23N3O4S/c1-4-12-26-22(27)21(31-23(26)25-17-6-8-18(28-2)9-7-17)15-16-5-10-19(30-13-11-24)20(14-16)29-3/h5-10,14-15H,4,12-13H2,1-3H3. The first-order valence-electron chi connectivity index (χ1n) is 9.71. The molecule has 0 atom stereocenters. The Labute approximate surface area is 185 Å². The van der Waals surface area contributed by atoms with Crippen LogP contribution in [0.1, 0.15) is 18.9 Å². The fourth-order valence-corrected chi connectivity index (χ4v) is 3.96. The Kier molecular flexibility index (Phi) is 7.57. The van der Waals surface area contributed by atoms with Gasteiger partial charge in [-0.05, 0) is 66.2 Å². The zero-order valence-corrected chi connectivity index (χ0v) is 18.4. The number of nitrogens with zero attached hydrogens (tertiary/aromatic N) is 3. The number of aliphatic imine (C=N–C) groups is 1. The summed E-state index contributed by atoms with van der Waals surface area (Å²) >= 11 is 1.34. The fourth-order valence-electron chi connectivity index (χ4n) is 2.93. The predicted octanol–water partition coefficient (Wildman–Crippen LogP) is 4.62. The highest BCUT2D eigenvalue weighted by Crippen LogP contribution is 2.36. The van der Waals surface area contributed by atoms with Gasteiger partial charge in [-0.15, -0.1) is 0 Å². The van der Waals surface area contributed by atoms with Gasteiger partial charge in [-0.2, -0.15) is 5.26 Å². The quantitative estimate of drug-likeness (QED) is 0.560. The maximum Gasteiger partial charge on any atom is 0.266 e. The number of amides is 1. The van der Waals surface area contributed by atoms with Gasteiger partial charge in [0.1, 0.15) is 11.8 Å². The van der Waals surface area contributed by atoms with Crippen LogP contribution in [0.3, 0.4) is 0 Å². The second kappa shape index (κ2) is 10.5. The van der Waals surface area contributed by atoms with E-state index in [1.54, 1.807) is 24.1 Å². The molecule has 3 rings (SSSR count). The number of hydrogen-bond acceptors (Lipinski definition) is 7. The summed E-state index contributed by atoms with van der Waals surface area (Å²) in [5.41, 5.74) is 1.54. The van der Waals surface area contributed by atoms with E-state index in [-0.39, 0.29) is 12.5 Å². The third-order valence-corrected chi connectivity index (χ3v) is 5.42. The molecule has 0 bridgehead atoms. The van der Waals surface area contributed by atoms with Crippen molar-refractivity contribution in [2.75, 3.05) is 27.4 Å². The zero-order chi connectivity index (χ0) is 22.2. The Morgan fingerprint density at radius 3 is 2.55 bits per heavy atom. The highest BCUT2D eigenvalue weighted by molar-refractivity contribution is 8.18. The van der Waals surface area contributed by atoms with Crippen LogP contribution in [0.2, 0.25) is 0 Å². The number of benzene rings is 2. The van der Waals surface area contributed by atoms with Crippen molar-refractivity contribution in [3.63, 3.8) is 0 Å². The van der Waals surface area contributed by atoms with Crippen molar-refractivity contribution in [2.24, 2.45) is 4.99 Å². The molecule has 2 aromatic carbocycles. The first kappa shape index (κ1) is 22.2. The molecule has 1 aliphatic heterocycles. The highest BCUT2D eigenvalue weighted by Gasteiger charge is 2.32. The molecular weight excluding hydrogens is 414 g/mol. The Hall–Kier alpha value is -3.44. The topological polar surface area (TPSA) is 84.2 Å². The molecule has 0 spiro atoms. The van der Waals surface area contributed by atoms with E-state index >= 15 is 0 Å². The SMILES string of the molecule is CCCN1C(=O)C(=Cc2ccc(OCC#N)c(OC)c2)SC1=Nc1ccc(OC)cc1. The van der Waals surface area contributed by atoms with Crippen LogP contribution in [0.15, 0.2) is 52.4 Å². The molecule has 1 amide bonds. The van der Waals surface area contributed by atoms with Crippen molar-refractivity contribution >= 4 is 34.6 Å². The molecule has 7 nitrogen and oxygen atoms in total. The van der Waals surface area contributed by atoms with Crippen molar-refractivity contribution in [1.82, 2.24) is 4.90 Å². The Balaban J connectivity index is 1.89. The van der Waals surface area contributed by atoms with E-state index in [1.165, 1.54) is 18.9 Å². The van der Waals surface area contributed by atoms with Crippen molar-refractivity contribution in [2.45, 2.75) is 13.3 Å². The Bertz CT molecular complexity index is 1040. The van der Waals surface area contributed by atoms with E-state index in [0.717, 1.165) is 23.4 Å². The average molecular weight is 438 g/mol. The number of rotatable bonds is 8. The molecule has 0 radical (unpaired) electrons.